The molecular formula is C31H33N3O2. The molecule has 3 aromatic rings. The normalized spacial score (nSPS) is 19.8. The van der Waals surface area contributed by atoms with Crippen LogP contribution in [0.15, 0.2) is 96.7 Å². The summed E-state index contributed by atoms with van der Waals surface area (Å²) in [6.45, 7) is 5.58. The molecule has 2 atom stereocenters. The van der Waals surface area contributed by atoms with Crippen LogP contribution in [0.3, 0.4) is 0 Å². The van der Waals surface area contributed by atoms with Crippen LogP contribution >= 0.6 is 0 Å². The van der Waals surface area contributed by atoms with Crippen LogP contribution in [0.1, 0.15) is 22.6 Å². The Labute approximate surface area is 214 Å². The van der Waals surface area contributed by atoms with Gasteiger partial charge in [0.25, 0.3) is 0 Å². The summed E-state index contributed by atoms with van der Waals surface area (Å²) in [4.78, 5) is 4.76. The van der Waals surface area contributed by atoms with Gasteiger partial charge in [-0.15, -0.1) is 0 Å². The van der Waals surface area contributed by atoms with E-state index in [-0.39, 0.29) is 5.92 Å². The summed E-state index contributed by atoms with van der Waals surface area (Å²) in [5.41, 5.74) is 3.50. The second-order valence-corrected chi connectivity index (χ2v) is 9.27. The van der Waals surface area contributed by atoms with Crippen molar-refractivity contribution in [2.75, 3.05) is 52.6 Å². The lowest BCUT2D eigenvalue weighted by atomic mass is 9.71. The van der Waals surface area contributed by atoms with E-state index in [0.29, 0.717) is 39.5 Å². The molecule has 0 amide bonds. The second-order valence-electron chi connectivity index (χ2n) is 9.27. The minimum atomic E-state index is -0.911. The van der Waals surface area contributed by atoms with Crippen LogP contribution in [-0.4, -0.2) is 62.4 Å². The summed E-state index contributed by atoms with van der Waals surface area (Å²) in [7, 11) is 0. The van der Waals surface area contributed by atoms with E-state index in [9.17, 15) is 5.26 Å². The van der Waals surface area contributed by atoms with E-state index in [4.69, 9.17) is 9.47 Å². The first-order valence-electron chi connectivity index (χ1n) is 12.8. The third kappa shape index (κ3) is 4.94. The number of benzene rings is 3. The van der Waals surface area contributed by atoms with Crippen molar-refractivity contribution in [1.29, 1.82) is 5.26 Å². The van der Waals surface area contributed by atoms with Crippen LogP contribution in [-0.2, 0) is 15.0 Å². The fourth-order valence-electron chi connectivity index (χ4n) is 5.51. The molecule has 2 heterocycles. The van der Waals surface area contributed by atoms with Gasteiger partial charge in [-0.3, -0.25) is 4.90 Å². The highest BCUT2D eigenvalue weighted by Gasteiger charge is 2.50. The van der Waals surface area contributed by atoms with Gasteiger partial charge in [-0.1, -0.05) is 91.0 Å². The Kier molecular flexibility index (Phi) is 7.78. The van der Waals surface area contributed by atoms with Crippen molar-refractivity contribution < 1.29 is 9.47 Å². The lowest BCUT2D eigenvalue weighted by Gasteiger charge is -2.49. The highest BCUT2D eigenvalue weighted by atomic mass is 16.5. The first-order valence-corrected chi connectivity index (χ1v) is 12.8. The molecule has 0 aliphatic carbocycles. The van der Waals surface area contributed by atoms with Gasteiger partial charge in [0, 0.05) is 31.9 Å². The minimum absolute atomic E-state index is 0.220. The van der Waals surface area contributed by atoms with Crippen molar-refractivity contribution in [2.45, 2.75) is 11.5 Å². The van der Waals surface area contributed by atoms with Crippen LogP contribution in [0.4, 0.5) is 0 Å². The number of hydrogen-bond acceptors (Lipinski definition) is 5. The molecular weight excluding hydrogens is 446 g/mol. The van der Waals surface area contributed by atoms with Gasteiger partial charge in [0.05, 0.1) is 38.4 Å². The first-order chi connectivity index (χ1) is 17.8. The maximum Gasteiger partial charge on any atom is 0.147 e. The molecule has 36 heavy (non-hydrogen) atoms. The molecule has 0 bridgehead atoms. The summed E-state index contributed by atoms with van der Waals surface area (Å²) >= 11 is 0. The molecule has 0 spiro atoms. The van der Waals surface area contributed by atoms with Gasteiger partial charge in [0.1, 0.15) is 5.54 Å². The number of nitriles is 1. The summed E-state index contributed by atoms with van der Waals surface area (Å²) in [6.07, 6.45) is 2.28. The van der Waals surface area contributed by atoms with E-state index >= 15 is 0 Å². The minimum Gasteiger partial charge on any atom is -0.379 e. The number of nitrogens with zero attached hydrogens (tertiary/aromatic N) is 3. The monoisotopic (exact) mass is 479 g/mol. The van der Waals surface area contributed by atoms with Gasteiger partial charge in [-0.2, -0.15) is 5.26 Å². The largest absolute Gasteiger partial charge is 0.379 e. The standard InChI is InChI=1S/C31H33N3O2/c32-25-31(28-14-8-3-9-15-28,34-18-22-36-23-19-34)30(27-12-6-2-7-13-27)29(33-16-20-35-21-17-33)24-26-10-4-1-5-11-26/h1-15,24,30H,16-23H2/b29-24-. The maximum atomic E-state index is 11.2. The fraction of sp³-hybridized carbons (Fsp3) is 0.323. The highest BCUT2D eigenvalue weighted by Crippen LogP contribution is 2.48. The maximum absolute atomic E-state index is 11.2. The predicted molar refractivity (Wildman–Crippen MR) is 142 cm³/mol. The van der Waals surface area contributed by atoms with E-state index in [1.165, 1.54) is 0 Å². The highest BCUT2D eigenvalue weighted by molar-refractivity contribution is 5.58. The Balaban J connectivity index is 1.78. The lowest BCUT2D eigenvalue weighted by molar-refractivity contribution is -0.0161. The summed E-state index contributed by atoms with van der Waals surface area (Å²) in [5.74, 6) is -0.220. The SMILES string of the molecule is N#CC(c1ccccc1)(C(/C(=C/c1ccccc1)N1CCOCC1)c1ccccc1)N1CCOCC1. The van der Waals surface area contributed by atoms with Crippen LogP contribution < -0.4 is 0 Å². The number of ether oxygens (including phenoxy) is 2. The zero-order chi connectivity index (χ0) is 24.6. The van der Waals surface area contributed by atoms with Gasteiger partial charge in [0.15, 0.2) is 0 Å². The molecule has 2 unspecified atom stereocenters. The Morgan fingerprint density at radius 1 is 0.750 bits per heavy atom. The average Bonchev–Trinajstić information content (AvgIpc) is 2.97. The zero-order valence-electron chi connectivity index (χ0n) is 20.6. The van der Waals surface area contributed by atoms with Crippen molar-refractivity contribution in [1.82, 2.24) is 9.80 Å². The fourth-order valence-corrected chi connectivity index (χ4v) is 5.51. The second kappa shape index (κ2) is 11.5. The van der Waals surface area contributed by atoms with Crippen LogP contribution in [0.25, 0.3) is 6.08 Å². The molecule has 2 fully saturated rings. The van der Waals surface area contributed by atoms with Crippen molar-refractivity contribution in [3.8, 4) is 6.07 Å². The van der Waals surface area contributed by atoms with E-state index in [0.717, 1.165) is 35.5 Å². The van der Waals surface area contributed by atoms with E-state index < -0.39 is 5.54 Å². The predicted octanol–water partition coefficient (Wildman–Crippen LogP) is 4.89. The van der Waals surface area contributed by atoms with Gasteiger partial charge in [0.2, 0.25) is 0 Å². The summed E-state index contributed by atoms with van der Waals surface area (Å²) < 4.78 is 11.5. The van der Waals surface area contributed by atoms with Gasteiger partial charge < -0.3 is 14.4 Å². The molecule has 2 aliphatic heterocycles. The molecule has 2 saturated heterocycles. The molecule has 0 N–H and O–H groups in total. The third-order valence-electron chi connectivity index (χ3n) is 7.23. The van der Waals surface area contributed by atoms with Crippen molar-refractivity contribution in [3.63, 3.8) is 0 Å². The van der Waals surface area contributed by atoms with Crippen molar-refractivity contribution in [2.24, 2.45) is 0 Å². The molecule has 0 radical (unpaired) electrons. The average molecular weight is 480 g/mol. The first kappa shape index (κ1) is 24.3. The van der Waals surface area contributed by atoms with Crippen LogP contribution in [0.5, 0.6) is 0 Å². The van der Waals surface area contributed by atoms with E-state index in [1.54, 1.807) is 0 Å². The van der Waals surface area contributed by atoms with E-state index in [1.807, 2.05) is 30.3 Å². The van der Waals surface area contributed by atoms with Crippen LogP contribution in [0.2, 0.25) is 0 Å². The third-order valence-corrected chi connectivity index (χ3v) is 7.23. The Morgan fingerprint density at radius 3 is 1.86 bits per heavy atom. The molecule has 5 rings (SSSR count). The Morgan fingerprint density at radius 2 is 1.28 bits per heavy atom. The topological polar surface area (TPSA) is 48.7 Å². The Hall–Kier alpha value is -3.43. The molecule has 184 valence electrons. The molecule has 0 saturated carbocycles. The molecule has 5 nitrogen and oxygen atoms in total. The lowest BCUT2D eigenvalue weighted by Crippen LogP contribution is -2.55. The van der Waals surface area contributed by atoms with E-state index in [2.05, 4.69) is 82.6 Å². The van der Waals surface area contributed by atoms with Crippen molar-refractivity contribution in [3.05, 3.63) is 113 Å². The van der Waals surface area contributed by atoms with Gasteiger partial charge >= 0.3 is 0 Å². The number of hydrogen-bond donors (Lipinski definition) is 0. The van der Waals surface area contributed by atoms with Gasteiger partial charge in [-0.05, 0) is 22.8 Å². The van der Waals surface area contributed by atoms with Crippen molar-refractivity contribution >= 4 is 6.08 Å². The summed E-state index contributed by atoms with van der Waals surface area (Å²) in [6, 6.07) is 34.2. The molecule has 0 aromatic heterocycles. The quantitative estimate of drug-likeness (QED) is 0.483. The molecule has 2 aliphatic rings. The number of rotatable bonds is 7. The zero-order valence-corrected chi connectivity index (χ0v) is 20.6. The Bertz CT molecular complexity index is 1160. The van der Waals surface area contributed by atoms with Crippen LogP contribution in [0, 0.1) is 11.3 Å². The number of morpholine rings is 2. The summed E-state index contributed by atoms with van der Waals surface area (Å²) in [5, 5.41) is 11.2. The molecule has 3 aromatic carbocycles. The smallest absolute Gasteiger partial charge is 0.147 e. The molecule has 5 heteroatoms. The van der Waals surface area contributed by atoms with Gasteiger partial charge in [-0.25, -0.2) is 0 Å².